The van der Waals surface area contributed by atoms with Gasteiger partial charge in [0, 0.05) is 32.8 Å². The normalized spacial score (nSPS) is 28.9. The topological polar surface area (TPSA) is 75.9 Å². The summed E-state index contributed by atoms with van der Waals surface area (Å²) in [5, 5.41) is 0. The molecule has 2 N–H and O–H groups in total. The molecule has 2 aliphatic heterocycles. The smallest absolute Gasteiger partial charge is 0.251 e. The molecule has 2 saturated heterocycles. The summed E-state index contributed by atoms with van der Waals surface area (Å²) in [5.74, 6) is 0.159. The van der Waals surface area contributed by atoms with Gasteiger partial charge in [-0.3, -0.25) is 9.59 Å². The molecule has 6 heteroatoms. The highest BCUT2D eigenvalue weighted by Gasteiger charge is 2.41. The SMILES string of the molecule is NC1(C(=O)N2CCN(C(=O)C3CCCO3)CC2)CCCC1. The predicted octanol–water partition coefficient (Wildman–Crippen LogP) is 0.108. The van der Waals surface area contributed by atoms with Crippen molar-refractivity contribution in [2.24, 2.45) is 5.73 Å². The van der Waals surface area contributed by atoms with E-state index in [4.69, 9.17) is 10.5 Å². The summed E-state index contributed by atoms with van der Waals surface area (Å²) in [6, 6.07) is 0. The molecule has 0 aromatic carbocycles. The Hall–Kier alpha value is -1.14. The zero-order valence-corrected chi connectivity index (χ0v) is 12.6. The van der Waals surface area contributed by atoms with Crippen molar-refractivity contribution in [2.75, 3.05) is 32.8 Å². The molecule has 21 heavy (non-hydrogen) atoms. The van der Waals surface area contributed by atoms with Gasteiger partial charge in [-0.05, 0) is 25.7 Å². The Morgan fingerprint density at radius 2 is 1.62 bits per heavy atom. The third kappa shape index (κ3) is 2.92. The van der Waals surface area contributed by atoms with Crippen LogP contribution < -0.4 is 5.73 Å². The Labute approximate surface area is 125 Å². The quantitative estimate of drug-likeness (QED) is 0.784. The minimum Gasteiger partial charge on any atom is -0.368 e. The minimum atomic E-state index is -0.652. The van der Waals surface area contributed by atoms with E-state index in [0.717, 1.165) is 38.5 Å². The van der Waals surface area contributed by atoms with Crippen LogP contribution in [-0.2, 0) is 14.3 Å². The van der Waals surface area contributed by atoms with Gasteiger partial charge >= 0.3 is 0 Å². The number of hydrogen-bond acceptors (Lipinski definition) is 4. The average Bonchev–Trinajstić information content (AvgIpc) is 3.18. The van der Waals surface area contributed by atoms with Crippen molar-refractivity contribution in [2.45, 2.75) is 50.2 Å². The minimum absolute atomic E-state index is 0.0733. The number of hydrogen-bond donors (Lipinski definition) is 1. The van der Waals surface area contributed by atoms with Gasteiger partial charge in [0.25, 0.3) is 5.91 Å². The number of rotatable bonds is 2. The third-order valence-corrected chi connectivity index (χ3v) is 5.01. The molecule has 1 saturated carbocycles. The van der Waals surface area contributed by atoms with Crippen molar-refractivity contribution in [3.8, 4) is 0 Å². The number of nitrogens with two attached hydrogens (primary N) is 1. The van der Waals surface area contributed by atoms with E-state index < -0.39 is 5.54 Å². The Morgan fingerprint density at radius 1 is 1.00 bits per heavy atom. The summed E-state index contributed by atoms with van der Waals surface area (Å²) in [4.78, 5) is 28.5. The first-order valence-corrected chi connectivity index (χ1v) is 8.09. The second kappa shape index (κ2) is 5.93. The maximum absolute atomic E-state index is 12.5. The van der Waals surface area contributed by atoms with E-state index in [0.29, 0.717) is 32.8 Å². The average molecular weight is 295 g/mol. The van der Waals surface area contributed by atoms with Gasteiger partial charge in [0.15, 0.2) is 0 Å². The molecule has 0 bridgehead atoms. The van der Waals surface area contributed by atoms with E-state index in [2.05, 4.69) is 0 Å². The van der Waals surface area contributed by atoms with E-state index in [1.165, 1.54) is 0 Å². The van der Waals surface area contributed by atoms with E-state index in [1.807, 2.05) is 9.80 Å². The van der Waals surface area contributed by atoms with Crippen LogP contribution in [0.5, 0.6) is 0 Å². The number of ether oxygens (including phenoxy) is 1. The molecule has 0 spiro atoms. The molecule has 3 rings (SSSR count). The van der Waals surface area contributed by atoms with Gasteiger partial charge in [0.2, 0.25) is 5.91 Å². The van der Waals surface area contributed by atoms with Crippen LogP contribution in [0.2, 0.25) is 0 Å². The molecular formula is C15H25N3O3. The first kappa shape index (κ1) is 14.8. The maximum atomic E-state index is 12.5. The molecule has 6 nitrogen and oxygen atoms in total. The monoisotopic (exact) mass is 295 g/mol. The lowest BCUT2D eigenvalue weighted by atomic mass is 9.97. The predicted molar refractivity (Wildman–Crippen MR) is 77.5 cm³/mol. The van der Waals surface area contributed by atoms with Crippen molar-refractivity contribution >= 4 is 11.8 Å². The zero-order chi connectivity index (χ0) is 14.9. The molecule has 3 aliphatic rings. The van der Waals surface area contributed by atoms with Gasteiger partial charge in [-0.25, -0.2) is 0 Å². The van der Waals surface area contributed by atoms with Crippen LogP contribution in [0.1, 0.15) is 38.5 Å². The fraction of sp³-hybridized carbons (Fsp3) is 0.867. The second-order valence-corrected chi connectivity index (χ2v) is 6.48. The molecule has 2 amide bonds. The van der Waals surface area contributed by atoms with Crippen molar-refractivity contribution in [3.05, 3.63) is 0 Å². The fourth-order valence-corrected chi connectivity index (χ4v) is 3.64. The van der Waals surface area contributed by atoms with Crippen molar-refractivity contribution in [3.63, 3.8) is 0 Å². The number of carbonyl (C=O) groups excluding carboxylic acids is 2. The fourth-order valence-electron chi connectivity index (χ4n) is 3.64. The Bertz CT molecular complexity index is 406. The van der Waals surface area contributed by atoms with Crippen LogP contribution in [0.25, 0.3) is 0 Å². The van der Waals surface area contributed by atoms with E-state index in [-0.39, 0.29) is 17.9 Å². The van der Waals surface area contributed by atoms with Crippen LogP contribution in [0.15, 0.2) is 0 Å². The molecule has 0 radical (unpaired) electrons. The lowest BCUT2D eigenvalue weighted by molar-refractivity contribution is -0.147. The van der Waals surface area contributed by atoms with Crippen molar-refractivity contribution in [1.82, 2.24) is 9.80 Å². The van der Waals surface area contributed by atoms with Gasteiger partial charge in [-0.2, -0.15) is 0 Å². The molecule has 3 fully saturated rings. The van der Waals surface area contributed by atoms with Crippen molar-refractivity contribution in [1.29, 1.82) is 0 Å². The Kier molecular flexibility index (Phi) is 4.17. The summed E-state index contributed by atoms with van der Waals surface area (Å²) in [7, 11) is 0. The zero-order valence-electron chi connectivity index (χ0n) is 12.6. The van der Waals surface area contributed by atoms with Crippen LogP contribution in [0.4, 0.5) is 0 Å². The third-order valence-electron chi connectivity index (χ3n) is 5.01. The molecule has 1 unspecified atom stereocenters. The molecule has 1 atom stereocenters. The second-order valence-electron chi connectivity index (χ2n) is 6.48. The number of carbonyl (C=O) groups is 2. The number of piperazine rings is 1. The molecular weight excluding hydrogens is 270 g/mol. The molecule has 0 aromatic rings. The maximum Gasteiger partial charge on any atom is 0.251 e. The summed E-state index contributed by atoms with van der Waals surface area (Å²) in [5.41, 5.74) is 5.58. The van der Waals surface area contributed by atoms with Gasteiger partial charge < -0.3 is 20.3 Å². The first-order valence-electron chi connectivity index (χ1n) is 8.09. The van der Waals surface area contributed by atoms with Gasteiger partial charge in [-0.1, -0.05) is 12.8 Å². The van der Waals surface area contributed by atoms with Gasteiger partial charge in [0.1, 0.15) is 6.10 Å². The highest BCUT2D eigenvalue weighted by Crippen LogP contribution is 2.29. The molecule has 0 aromatic heterocycles. The molecule has 2 heterocycles. The van der Waals surface area contributed by atoms with Crippen LogP contribution in [0, 0.1) is 0 Å². The van der Waals surface area contributed by atoms with E-state index in [9.17, 15) is 9.59 Å². The Morgan fingerprint density at radius 3 is 2.19 bits per heavy atom. The summed E-state index contributed by atoms with van der Waals surface area (Å²) >= 11 is 0. The number of nitrogens with zero attached hydrogens (tertiary/aromatic N) is 2. The number of amides is 2. The Balaban J connectivity index is 1.52. The van der Waals surface area contributed by atoms with E-state index >= 15 is 0 Å². The molecule has 118 valence electrons. The van der Waals surface area contributed by atoms with Gasteiger partial charge in [-0.15, -0.1) is 0 Å². The highest BCUT2D eigenvalue weighted by atomic mass is 16.5. The molecule has 1 aliphatic carbocycles. The summed E-state index contributed by atoms with van der Waals surface area (Å²) < 4.78 is 5.45. The van der Waals surface area contributed by atoms with Crippen LogP contribution in [0.3, 0.4) is 0 Å². The summed E-state index contributed by atoms with van der Waals surface area (Å²) in [6.45, 7) is 3.07. The van der Waals surface area contributed by atoms with Crippen LogP contribution >= 0.6 is 0 Å². The van der Waals surface area contributed by atoms with Crippen LogP contribution in [-0.4, -0.2) is 66.0 Å². The standard InChI is InChI=1S/C15H25N3O3/c16-15(5-1-2-6-15)14(20)18-9-7-17(8-10-18)13(19)12-4-3-11-21-12/h12H,1-11,16H2. The van der Waals surface area contributed by atoms with E-state index in [1.54, 1.807) is 0 Å². The van der Waals surface area contributed by atoms with Crippen molar-refractivity contribution < 1.29 is 14.3 Å². The summed E-state index contributed by atoms with van der Waals surface area (Å²) in [6.07, 6.45) is 5.19. The lowest BCUT2D eigenvalue weighted by Crippen LogP contribution is -2.59. The lowest BCUT2D eigenvalue weighted by Gasteiger charge is -2.39. The first-order chi connectivity index (χ1) is 10.1. The van der Waals surface area contributed by atoms with Gasteiger partial charge in [0.05, 0.1) is 5.54 Å². The largest absolute Gasteiger partial charge is 0.368 e. The highest BCUT2D eigenvalue weighted by molar-refractivity contribution is 5.87.